The SMILES string of the molecule is CC1CC2CCCC(SC3CCCC4CC(C)CC43)C2C1. The van der Waals surface area contributed by atoms with Crippen LogP contribution in [0.25, 0.3) is 0 Å². The summed E-state index contributed by atoms with van der Waals surface area (Å²) in [6.07, 6.45) is 15.5. The zero-order chi connectivity index (χ0) is 14.4. The van der Waals surface area contributed by atoms with Crippen molar-refractivity contribution in [2.24, 2.45) is 35.5 Å². The Morgan fingerprint density at radius 2 is 1.10 bits per heavy atom. The van der Waals surface area contributed by atoms with Gasteiger partial charge in [0.25, 0.3) is 0 Å². The second-order valence-electron chi connectivity index (χ2n) is 9.08. The second-order valence-corrected chi connectivity index (χ2v) is 10.6. The molecule has 0 spiro atoms. The largest absolute Gasteiger partial charge is 0.155 e. The predicted molar refractivity (Wildman–Crippen MR) is 93.6 cm³/mol. The fourth-order valence-corrected chi connectivity index (χ4v) is 8.74. The zero-order valence-electron chi connectivity index (χ0n) is 14.1. The molecule has 4 aliphatic carbocycles. The van der Waals surface area contributed by atoms with Crippen molar-refractivity contribution in [1.29, 1.82) is 0 Å². The Labute approximate surface area is 136 Å². The van der Waals surface area contributed by atoms with Crippen LogP contribution >= 0.6 is 11.8 Å². The molecule has 0 amide bonds. The average molecular weight is 307 g/mol. The van der Waals surface area contributed by atoms with E-state index in [2.05, 4.69) is 25.6 Å². The number of rotatable bonds is 2. The van der Waals surface area contributed by atoms with Crippen molar-refractivity contribution in [3.8, 4) is 0 Å². The Bertz CT molecular complexity index is 331. The van der Waals surface area contributed by atoms with Gasteiger partial charge in [-0.25, -0.2) is 0 Å². The van der Waals surface area contributed by atoms with Crippen LogP contribution in [0.3, 0.4) is 0 Å². The first-order valence-corrected chi connectivity index (χ1v) is 10.8. The van der Waals surface area contributed by atoms with E-state index in [9.17, 15) is 0 Å². The Morgan fingerprint density at radius 1 is 0.619 bits per heavy atom. The first-order chi connectivity index (χ1) is 10.2. The molecule has 120 valence electrons. The van der Waals surface area contributed by atoms with Crippen LogP contribution < -0.4 is 0 Å². The lowest BCUT2D eigenvalue weighted by Gasteiger charge is -2.40. The topological polar surface area (TPSA) is 0 Å². The van der Waals surface area contributed by atoms with Gasteiger partial charge in [-0.05, 0) is 74.0 Å². The van der Waals surface area contributed by atoms with Crippen molar-refractivity contribution in [3.63, 3.8) is 0 Å². The van der Waals surface area contributed by atoms with Gasteiger partial charge in [0.15, 0.2) is 0 Å². The first-order valence-electron chi connectivity index (χ1n) is 9.86. The summed E-state index contributed by atoms with van der Waals surface area (Å²) in [5.74, 6) is 6.44. The Balaban J connectivity index is 1.42. The summed E-state index contributed by atoms with van der Waals surface area (Å²) in [7, 11) is 0. The maximum Gasteiger partial charge on any atom is 0.00809 e. The van der Waals surface area contributed by atoms with Gasteiger partial charge in [0.05, 0.1) is 0 Å². The maximum absolute atomic E-state index is 2.51. The molecule has 4 rings (SSSR count). The molecule has 0 aromatic carbocycles. The minimum absolute atomic E-state index is 1.02. The van der Waals surface area contributed by atoms with Crippen LogP contribution in [0.15, 0.2) is 0 Å². The minimum atomic E-state index is 1.02. The molecule has 0 aromatic rings. The first kappa shape index (κ1) is 14.9. The Kier molecular flexibility index (Phi) is 4.33. The molecule has 4 fully saturated rings. The van der Waals surface area contributed by atoms with Crippen LogP contribution in [0.1, 0.15) is 78.1 Å². The van der Waals surface area contributed by atoms with E-state index in [4.69, 9.17) is 0 Å². The van der Waals surface area contributed by atoms with Crippen LogP contribution in [-0.2, 0) is 0 Å². The fourth-order valence-electron chi connectivity index (χ4n) is 6.62. The number of thioether (sulfide) groups is 1. The molecule has 8 atom stereocenters. The molecular formula is C20H34S. The van der Waals surface area contributed by atoms with E-state index in [1.54, 1.807) is 51.4 Å². The van der Waals surface area contributed by atoms with Crippen molar-refractivity contribution >= 4 is 11.8 Å². The van der Waals surface area contributed by atoms with Crippen LogP contribution in [0.4, 0.5) is 0 Å². The highest BCUT2D eigenvalue weighted by Crippen LogP contribution is 2.54. The predicted octanol–water partition coefficient (Wildman–Crippen LogP) is 6.15. The molecule has 0 saturated heterocycles. The Morgan fingerprint density at radius 3 is 1.57 bits per heavy atom. The van der Waals surface area contributed by atoms with Crippen molar-refractivity contribution in [1.82, 2.24) is 0 Å². The van der Waals surface area contributed by atoms with Crippen molar-refractivity contribution in [2.45, 2.75) is 88.6 Å². The molecule has 0 aliphatic heterocycles. The third-order valence-electron chi connectivity index (χ3n) is 7.40. The molecule has 0 heterocycles. The number of hydrogen-bond donors (Lipinski definition) is 0. The summed E-state index contributed by atoms with van der Waals surface area (Å²) in [4.78, 5) is 0. The van der Waals surface area contributed by atoms with E-state index in [0.29, 0.717) is 0 Å². The van der Waals surface area contributed by atoms with Crippen molar-refractivity contribution in [2.75, 3.05) is 0 Å². The molecule has 4 saturated carbocycles. The number of fused-ring (bicyclic) bond motifs is 2. The molecule has 0 nitrogen and oxygen atoms in total. The monoisotopic (exact) mass is 306 g/mol. The lowest BCUT2D eigenvalue weighted by molar-refractivity contribution is 0.271. The summed E-state index contributed by atoms with van der Waals surface area (Å²) in [6.45, 7) is 5.02. The highest BCUT2D eigenvalue weighted by molar-refractivity contribution is 8.00. The van der Waals surface area contributed by atoms with Gasteiger partial charge in [-0.2, -0.15) is 11.8 Å². The minimum Gasteiger partial charge on any atom is -0.155 e. The lowest BCUT2D eigenvalue weighted by Crippen LogP contribution is -2.33. The zero-order valence-corrected chi connectivity index (χ0v) is 14.9. The normalized spacial score (nSPS) is 53.4. The summed E-state index contributed by atoms with van der Waals surface area (Å²) in [6, 6.07) is 0. The molecule has 1 heteroatoms. The number of hydrogen-bond acceptors (Lipinski definition) is 1. The third kappa shape index (κ3) is 2.93. The van der Waals surface area contributed by atoms with E-state index in [-0.39, 0.29) is 0 Å². The van der Waals surface area contributed by atoms with Gasteiger partial charge >= 0.3 is 0 Å². The van der Waals surface area contributed by atoms with Crippen LogP contribution in [-0.4, -0.2) is 10.5 Å². The van der Waals surface area contributed by atoms with Crippen LogP contribution in [0.5, 0.6) is 0 Å². The van der Waals surface area contributed by atoms with Gasteiger partial charge in [-0.15, -0.1) is 0 Å². The lowest BCUT2D eigenvalue weighted by atomic mass is 9.81. The quantitative estimate of drug-likeness (QED) is 0.589. The molecule has 4 aliphatic rings. The van der Waals surface area contributed by atoms with E-state index in [0.717, 1.165) is 46.0 Å². The molecule has 0 bridgehead atoms. The summed E-state index contributed by atoms with van der Waals surface area (Å²) >= 11 is 2.50. The maximum atomic E-state index is 2.51. The van der Waals surface area contributed by atoms with Gasteiger partial charge in [-0.3, -0.25) is 0 Å². The standard InChI is InChI=1S/C20H34S/c1-13-9-15-5-3-7-19(17(15)11-13)21-20-8-4-6-16-10-14(2)12-18(16)20/h13-20H,3-12H2,1-2H3. The summed E-state index contributed by atoms with van der Waals surface area (Å²) in [5, 5.41) is 2.07. The van der Waals surface area contributed by atoms with Crippen LogP contribution in [0.2, 0.25) is 0 Å². The highest BCUT2D eigenvalue weighted by atomic mass is 32.2. The molecule has 0 radical (unpaired) electrons. The molecule has 21 heavy (non-hydrogen) atoms. The third-order valence-corrected chi connectivity index (χ3v) is 9.27. The molecule has 0 N–H and O–H groups in total. The summed E-state index contributed by atoms with van der Waals surface area (Å²) in [5.41, 5.74) is 0. The van der Waals surface area contributed by atoms with E-state index >= 15 is 0 Å². The Hall–Kier alpha value is 0.350. The van der Waals surface area contributed by atoms with Gasteiger partial charge in [0.2, 0.25) is 0 Å². The van der Waals surface area contributed by atoms with E-state index in [1.165, 1.54) is 12.8 Å². The van der Waals surface area contributed by atoms with Crippen molar-refractivity contribution < 1.29 is 0 Å². The van der Waals surface area contributed by atoms with Crippen LogP contribution in [0, 0.1) is 35.5 Å². The van der Waals surface area contributed by atoms with Gasteiger partial charge < -0.3 is 0 Å². The molecular weight excluding hydrogens is 272 g/mol. The average Bonchev–Trinajstić information content (AvgIpc) is 3.01. The summed E-state index contributed by atoms with van der Waals surface area (Å²) < 4.78 is 0. The van der Waals surface area contributed by atoms with Gasteiger partial charge in [0.1, 0.15) is 0 Å². The second kappa shape index (κ2) is 6.10. The van der Waals surface area contributed by atoms with Gasteiger partial charge in [0, 0.05) is 10.5 Å². The van der Waals surface area contributed by atoms with E-state index < -0.39 is 0 Å². The fraction of sp³-hybridized carbons (Fsp3) is 1.00. The van der Waals surface area contributed by atoms with Crippen molar-refractivity contribution in [3.05, 3.63) is 0 Å². The van der Waals surface area contributed by atoms with E-state index in [1.807, 2.05) is 0 Å². The van der Waals surface area contributed by atoms with Gasteiger partial charge in [-0.1, -0.05) is 39.5 Å². The molecule has 8 unspecified atom stereocenters. The smallest absolute Gasteiger partial charge is 0.00809 e. The highest BCUT2D eigenvalue weighted by Gasteiger charge is 2.44. The molecule has 0 aromatic heterocycles.